The van der Waals surface area contributed by atoms with Gasteiger partial charge in [0.05, 0.1) is 18.4 Å². The Bertz CT molecular complexity index is 1330. The van der Waals surface area contributed by atoms with Gasteiger partial charge >= 0.3 is 0 Å². The van der Waals surface area contributed by atoms with Crippen LogP contribution in [0, 0.1) is 11.6 Å². The Morgan fingerprint density at radius 3 is 2.41 bits per heavy atom. The van der Waals surface area contributed by atoms with E-state index in [0.29, 0.717) is 11.4 Å². The van der Waals surface area contributed by atoms with Crippen molar-refractivity contribution in [1.29, 1.82) is 0 Å². The number of rotatable bonds is 5. The van der Waals surface area contributed by atoms with E-state index < -0.39 is 29.2 Å². The highest BCUT2D eigenvalue weighted by molar-refractivity contribution is 6.36. The van der Waals surface area contributed by atoms with Crippen molar-refractivity contribution in [2.75, 3.05) is 19.1 Å². The molecule has 1 heterocycles. The standard InChI is InChI=1S/C26H20F2N2O4/c1-30-23-10-6-17(25(32)29-14-15-3-7-18(34-2)8-4-15)13-19(23)24(31)20(26(30)33)11-16-5-9-21(27)22(28)12-16/h3-13H,14H2,1-2H3,(H,29,32)/b20-11+. The Labute approximate surface area is 194 Å². The second-order valence-electron chi connectivity index (χ2n) is 7.69. The van der Waals surface area contributed by atoms with E-state index in [2.05, 4.69) is 5.32 Å². The van der Waals surface area contributed by atoms with Crippen LogP contribution in [0.15, 0.2) is 66.2 Å². The summed E-state index contributed by atoms with van der Waals surface area (Å²) in [4.78, 5) is 39.9. The lowest BCUT2D eigenvalue weighted by Gasteiger charge is -2.27. The van der Waals surface area contributed by atoms with E-state index in [0.717, 1.165) is 17.7 Å². The Balaban J connectivity index is 1.59. The average Bonchev–Trinajstić information content (AvgIpc) is 2.85. The molecule has 4 rings (SSSR count). The van der Waals surface area contributed by atoms with Gasteiger partial charge in [0.25, 0.3) is 11.8 Å². The molecule has 3 aromatic carbocycles. The molecule has 0 aliphatic carbocycles. The van der Waals surface area contributed by atoms with Crippen LogP contribution in [0.4, 0.5) is 14.5 Å². The topological polar surface area (TPSA) is 75.7 Å². The van der Waals surface area contributed by atoms with E-state index in [1.54, 1.807) is 19.2 Å². The molecule has 0 fully saturated rings. The first-order valence-electron chi connectivity index (χ1n) is 10.3. The maximum Gasteiger partial charge on any atom is 0.262 e. The molecule has 0 saturated carbocycles. The van der Waals surface area contributed by atoms with Crippen molar-refractivity contribution < 1.29 is 27.9 Å². The number of hydrogen-bond acceptors (Lipinski definition) is 4. The Kier molecular flexibility index (Phi) is 6.23. The van der Waals surface area contributed by atoms with Crippen molar-refractivity contribution in [2.45, 2.75) is 6.54 Å². The third-order valence-electron chi connectivity index (χ3n) is 5.51. The predicted molar refractivity (Wildman–Crippen MR) is 123 cm³/mol. The number of anilines is 1. The third kappa shape index (κ3) is 4.43. The van der Waals surface area contributed by atoms with E-state index in [-0.39, 0.29) is 28.8 Å². The first-order chi connectivity index (χ1) is 16.3. The predicted octanol–water partition coefficient (Wildman–Crippen LogP) is 4.15. The third-order valence-corrected chi connectivity index (χ3v) is 5.51. The molecule has 0 atom stereocenters. The molecule has 8 heteroatoms. The van der Waals surface area contributed by atoms with Crippen LogP contribution in [-0.2, 0) is 11.3 Å². The zero-order chi connectivity index (χ0) is 24.4. The van der Waals surface area contributed by atoms with Crippen LogP contribution in [0.25, 0.3) is 6.08 Å². The van der Waals surface area contributed by atoms with Gasteiger partial charge in [-0.2, -0.15) is 0 Å². The molecule has 0 radical (unpaired) electrons. The maximum atomic E-state index is 13.6. The smallest absolute Gasteiger partial charge is 0.262 e. The number of likely N-dealkylation sites (N-methyl/N-ethyl adjacent to an activating group) is 1. The number of methoxy groups -OCH3 is 1. The monoisotopic (exact) mass is 462 g/mol. The summed E-state index contributed by atoms with van der Waals surface area (Å²) < 4.78 is 31.9. The number of fused-ring (bicyclic) bond motifs is 1. The normalized spacial score (nSPS) is 14.2. The molecule has 0 saturated heterocycles. The SMILES string of the molecule is COc1ccc(CNC(=O)c2ccc3c(c2)C(=O)/C(=C\c2ccc(F)c(F)c2)C(=O)N3C)cc1. The summed E-state index contributed by atoms with van der Waals surface area (Å²) in [6.45, 7) is 0.271. The molecule has 0 spiro atoms. The zero-order valence-corrected chi connectivity index (χ0v) is 18.4. The molecule has 1 N–H and O–H groups in total. The molecule has 0 unspecified atom stereocenters. The maximum absolute atomic E-state index is 13.6. The summed E-state index contributed by atoms with van der Waals surface area (Å²) >= 11 is 0. The van der Waals surface area contributed by atoms with Crippen molar-refractivity contribution in [1.82, 2.24) is 5.32 Å². The number of halogens is 2. The Morgan fingerprint density at radius 2 is 1.74 bits per heavy atom. The summed E-state index contributed by atoms with van der Waals surface area (Å²) in [5.41, 5.74) is 1.58. The average molecular weight is 462 g/mol. The minimum absolute atomic E-state index is 0.160. The molecule has 6 nitrogen and oxygen atoms in total. The van der Waals surface area contributed by atoms with Crippen LogP contribution >= 0.6 is 0 Å². The first kappa shape index (κ1) is 22.8. The fourth-order valence-electron chi connectivity index (χ4n) is 3.61. The molecule has 1 aliphatic heterocycles. The van der Waals surface area contributed by atoms with E-state index >= 15 is 0 Å². The van der Waals surface area contributed by atoms with E-state index in [1.807, 2.05) is 12.1 Å². The number of ketones is 1. The van der Waals surface area contributed by atoms with Crippen molar-refractivity contribution in [3.05, 3.63) is 100 Å². The lowest BCUT2D eigenvalue weighted by Crippen LogP contribution is -2.37. The second kappa shape index (κ2) is 9.27. The number of amides is 2. The van der Waals surface area contributed by atoms with Crippen LogP contribution in [-0.4, -0.2) is 31.8 Å². The highest BCUT2D eigenvalue weighted by atomic mass is 19.2. The summed E-state index contributed by atoms with van der Waals surface area (Å²) in [5, 5.41) is 2.79. The number of Topliss-reactive ketones (excluding diaryl/α,β-unsaturated/α-hetero) is 1. The Morgan fingerprint density at radius 1 is 1.00 bits per heavy atom. The summed E-state index contributed by atoms with van der Waals surface area (Å²) in [5.74, 6) is -3.00. The van der Waals surface area contributed by atoms with E-state index in [9.17, 15) is 23.2 Å². The number of nitrogens with zero attached hydrogens (tertiary/aromatic N) is 1. The quantitative estimate of drug-likeness (QED) is 0.457. The van der Waals surface area contributed by atoms with Gasteiger partial charge in [0.2, 0.25) is 5.78 Å². The summed E-state index contributed by atoms with van der Waals surface area (Å²) in [7, 11) is 3.06. The molecular formula is C26H20F2N2O4. The van der Waals surface area contributed by atoms with Crippen molar-refractivity contribution in [3.8, 4) is 5.75 Å². The molecule has 34 heavy (non-hydrogen) atoms. The van der Waals surface area contributed by atoms with Gasteiger partial charge < -0.3 is 15.0 Å². The molecular weight excluding hydrogens is 442 g/mol. The highest BCUT2D eigenvalue weighted by Gasteiger charge is 2.33. The fourth-order valence-corrected chi connectivity index (χ4v) is 3.61. The molecule has 2 amide bonds. The summed E-state index contributed by atoms with van der Waals surface area (Å²) in [6.07, 6.45) is 1.21. The lowest BCUT2D eigenvalue weighted by atomic mass is 9.92. The minimum atomic E-state index is -1.09. The van der Waals surface area contributed by atoms with Crippen LogP contribution < -0.4 is 15.0 Å². The lowest BCUT2D eigenvalue weighted by molar-refractivity contribution is -0.114. The largest absolute Gasteiger partial charge is 0.497 e. The van der Waals surface area contributed by atoms with Crippen molar-refractivity contribution in [3.63, 3.8) is 0 Å². The molecule has 1 aliphatic rings. The van der Waals surface area contributed by atoms with E-state index in [4.69, 9.17) is 4.74 Å². The van der Waals surface area contributed by atoms with Gasteiger partial charge in [0.1, 0.15) is 5.75 Å². The molecule has 0 aromatic heterocycles. The number of hydrogen-bond donors (Lipinski definition) is 1. The van der Waals surface area contributed by atoms with Gasteiger partial charge in [-0.15, -0.1) is 0 Å². The van der Waals surface area contributed by atoms with Crippen LogP contribution in [0.3, 0.4) is 0 Å². The van der Waals surface area contributed by atoms with Crippen LogP contribution in [0.5, 0.6) is 5.75 Å². The number of nitrogens with one attached hydrogen (secondary N) is 1. The van der Waals surface area contributed by atoms with Gasteiger partial charge in [-0.25, -0.2) is 8.78 Å². The number of carbonyl (C=O) groups excluding carboxylic acids is 3. The van der Waals surface area contributed by atoms with Gasteiger partial charge in [-0.3, -0.25) is 14.4 Å². The first-order valence-corrected chi connectivity index (χ1v) is 10.3. The van der Waals surface area contributed by atoms with Crippen molar-refractivity contribution in [2.24, 2.45) is 0 Å². The summed E-state index contributed by atoms with van der Waals surface area (Å²) in [6, 6.07) is 14.8. The second-order valence-corrected chi connectivity index (χ2v) is 7.69. The van der Waals surface area contributed by atoms with Crippen molar-refractivity contribution >= 4 is 29.4 Å². The molecule has 0 bridgehead atoms. The fraction of sp³-hybridized carbons (Fsp3) is 0.115. The Hall–Kier alpha value is -4.33. The number of carbonyl (C=O) groups is 3. The van der Waals surface area contributed by atoms with E-state index in [1.165, 1.54) is 42.3 Å². The van der Waals surface area contributed by atoms with Crippen LogP contribution in [0.2, 0.25) is 0 Å². The van der Waals surface area contributed by atoms with Gasteiger partial charge in [0.15, 0.2) is 11.6 Å². The number of ether oxygens (including phenoxy) is 1. The van der Waals surface area contributed by atoms with Gasteiger partial charge in [-0.1, -0.05) is 18.2 Å². The van der Waals surface area contributed by atoms with Gasteiger partial charge in [-0.05, 0) is 59.7 Å². The highest BCUT2D eigenvalue weighted by Crippen LogP contribution is 2.31. The minimum Gasteiger partial charge on any atom is -0.497 e. The molecule has 172 valence electrons. The molecule has 3 aromatic rings. The van der Waals surface area contributed by atoms with Gasteiger partial charge in [0, 0.05) is 24.7 Å². The number of benzene rings is 3. The van der Waals surface area contributed by atoms with Crippen LogP contribution in [0.1, 0.15) is 31.8 Å². The zero-order valence-electron chi connectivity index (χ0n) is 18.4.